The van der Waals surface area contributed by atoms with Crippen LogP contribution in [0, 0.1) is 11.8 Å². The normalized spacial score (nSPS) is 38.1. The van der Waals surface area contributed by atoms with Gasteiger partial charge < -0.3 is 44.1 Å². The van der Waals surface area contributed by atoms with E-state index in [0.717, 1.165) is 0 Å². The second kappa shape index (κ2) is 9.41. The molecule has 30 heavy (non-hydrogen) atoms. The Morgan fingerprint density at radius 1 is 1.17 bits per heavy atom. The molecular weight excluding hydrogens is 404 g/mol. The van der Waals surface area contributed by atoms with Gasteiger partial charge in [-0.25, -0.2) is 4.79 Å². The lowest BCUT2D eigenvalue weighted by molar-refractivity contribution is -0.339. The molecule has 4 N–H and O–H groups in total. The average molecular weight is 430 g/mol. The number of methoxy groups -OCH3 is 1. The maximum Gasteiger partial charge on any atom is 0.337 e. The van der Waals surface area contributed by atoms with Gasteiger partial charge in [0.05, 0.1) is 31.5 Å². The van der Waals surface area contributed by atoms with Gasteiger partial charge in [0.2, 0.25) is 6.29 Å². The summed E-state index contributed by atoms with van der Waals surface area (Å²) in [5.41, 5.74) is 0.935. The standard InChI is InChI=1S/C19H26O11/c1-8(21)27-6-9-3-4-10-11(17(25)26-2)7-28-18(13(9)10)30-19-16(24)15(23)14(22)12(5-20)29-19/h3,7,10,12-16,18-20,22-24H,4-6H2,1-2H3/t10?,12-,13?,14-,15+,16-,18+,19+/m1/s1. The summed E-state index contributed by atoms with van der Waals surface area (Å²) < 4.78 is 26.6. The largest absolute Gasteiger partial charge is 0.471 e. The molecule has 2 aliphatic heterocycles. The van der Waals surface area contributed by atoms with E-state index < -0.39 is 61.5 Å². The zero-order valence-electron chi connectivity index (χ0n) is 16.5. The fourth-order valence-corrected chi connectivity index (χ4v) is 3.90. The summed E-state index contributed by atoms with van der Waals surface area (Å²) >= 11 is 0. The molecular formula is C19H26O11. The molecule has 11 nitrogen and oxygen atoms in total. The molecule has 8 atom stereocenters. The van der Waals surface area contributed by atoms with Crippen LogP contribution in [0.25, 0.3) is 0 Å². The molecule has 2 unspecified atom stereocenters. The maximum atomic E-state index is 12.1. The van der Waals surface area contributed by atoms with Crippen LogP contribution >= 0.6 is 0 Å². The van der Waals surface area contributed by atoms with Crippen molar-refractivity contribution in [2.75, 3.05) is 20.3 Å². The summed E-state index contributed by atoms with van der Waals surface area (Å²) in [6.07, 6.45) is -4.91. The monoisotopic (exact) mass is 430 g/mol. The number of fused-ring (bicyclic) bond motifs is 1. The number of aliphatic hydroxyl groups excluding tert-OH is 4. The molecule has 168 valence electrons. The van der Waals surface area contributed by atoms with Crippen LogP contribution in [0.2, 0.25) is 0 Å². The fraction of sp³-hybridized carbons (Fsp3) is 0.684. The Balaban J connectivity index is 1.81. The highest BCUT2D eigenvalue weighted by Crippen LogP contribution is 2.44. The van der Waals surface area contributed by atoms with Gasteiger partial charge in [-0.2, -0.15) is 0 Å². The molecule has 0 amide bonds. The minimum Gasteiger partial charge on any atom is -0.471 e. The predicted octanol–water partition coefficient (Wildman–Crippen LogP) is -1.66. The average Bonchev–Trinajstić information content (AvgIpc) is 3.16. The molecule has 0 spiro atoms. The summed E-state index contributed by atoms with van der Waals surface area (Å²) in [6.45, 7) is 0.626. The van der Waals surface area contributed by atoms with E-state index in [4.69, 9.17) is 23.7 Å². The van der Waals surface area contributed by atoms with E-state index in [1.165, 1.54) is 20.3 Å². The van der Waals surface area contributed by atoms with Crippen molar-refractivity contribution in [2.45, 2.75) is 50.3 Å². The number of ether oxygens (including phenoxy) is 5. The summed E-state index contributed by atoms with van der Waals surface area (Å²) in [7, 11) is 1.25. The van der Waals surface area contributed by atoms with Gasteiger partial charge in [0.25, 0.3) is 0 Å². The third-order valence-electron chi connectivity index (χ3n) is 5.50. The highest BCUT2D eigenvalue weighted by Gasteiger charge is 2.49. The zero-order chi connectivity index (χ0) is 22.0. The van der Waals surface area contributed by atoms with E-state index in [1.54, 1.807) is 0 Å². The Hall–Kier alpha value is -2.02. The molecule has 0 aromatic heterocycles. The predicted molar refractivity (Wildman–Crippen MR) is 96.1 cm³/mol. The third-order valence-corrected chi connectivity index (χ3v) is 5.50. The Labute approximate surface area is 172 Å². The number of allylic oxidation sites excluding steroid dienone is 1. The molecule has 0 aromatic carbocycles. The lowest BCUT2D eigenvalue weighted by Crippen LogP contribution is -2.60. The van der Waals surface area contributed by atoms with Crippen LogP contribution in [0.1, 0.15) is 13.3 Å². The molecule has 0 aromatic rings. The van der Waals surface area contributed by atoms with Crippen LogP contribution in [-0.4, -0.2) is 89.7 Å². The van der Waals surface area contributed by atoms with Crippen LogP contribution in [0.4, 0.5) is 0 Å². The molecule has 3 aliphatic rings. The van der Waals surface area contributed by atoms with Crippen LogP contribution in [0.15, 0.2) is 23.5 Å². The second-order valence-electron chi connectivity index (χ2n) is 7.33. The smallest absolute Gasteiger partial charge is 0.337 e. The van der Waals surface area contributed by atoms with E-state index in [-0.39, 0.29) is 18.1 Å². The van der Waals surface area contributed by atoms with Crippen molar-refractivity contribution in [2.24, 2.45) is 11.8 Å². The van der Waals surface area contributed by atoms with Crippen LogP contribution in [0.3, 0.4) is 0 Å². The highest BCUT2D eigenvalue weighted by molar-refractivity contribution is 5.89. The number of carbonyl (C=O) groups excluding carboxylic acids is 2. The Bertz CT molecular complexity index is 715. The van der Waals surface area contributed by atoms with Crippen LogP contribution in [0.5, 0.6) is 0 Å². The third kappa shape index (κ3) is 4.36. The van der Waals surface area contributed by atoms with Crippen molar-refractivity contribution in [1.82, 2.24) is 0 Å². The fourth-order valence-electron chi connectivity index (χ4n) is 3.90. The molecule has 1 aliphatic carbocycles. The minimum absolute atomic E-state index is 0.0388. The summed E-state index contributed by atoms with van der Waals surface area (Å²) in [4.78, 5) is 23.3. The SMILES string of the molecule is COC(=O)C1=CO[C@@H](O[C@@H]2O[C@H](CO)[C@@H](O)[C@H](O)[C@H]2O)C2C(COC(C)=O)=CCC12. The molecule has 0 bridgehead atoms. The maximum absolute atomic E-state index is 12.1. The van der Waals surface area contributed by atoms with Gasteiger partial charge in [0.1, 0.15) is 31.0 Å². The molecule has 11 heteroatoms. The second-order valence-corrected chi connectivity index (χ2v) is 7.33. The number of rotatable bonds is 6. The minimum atomic E-state index is -1.61. The van der Waals surface area contributed by atoms with Crippen molar-refractivity contribution < 1.29 is 53.7 Å². The van der Waals surface area contributed by atoms with Gasteiger partial charge in [-0.15, -0.1) is 0 Å². The molecule has 1 fully saturated rings. The van der Waals surface area contributed by atoms with Gasteiger partial charge in [0, 0.05) is 12.8 Å². The summed E-state index contributed by atoms with van der Waals surface area (Å²) in [5, 5.41) is 39.5. The van der Waals surface area contributed by atoms with Gasteiger partial charge in [-0.05, 0) is 12.0 Å². The zero-order valence-corrected chi connectivity index (χ0v) is 16.5. The topological polar surface area (TPSA) is 161 Å². The van der Waals surface area contributed by atoms with E-state index >= 15 is 0 Å². The van der Waals surface area contributed by atoms with Gasteiger partial charge in [-0.3, -0.25) is 4.79 Å². The first-order valence-electron chi connectivity index (χ1n) is 9.50. The Kier molecular flexibility index (Phi) is 7.11. The number of hydrogen-bond acceptors (Lipinski definition) is 11. The number of hydrogen-bond donors (Lipinski definition) is 4. The quantitative estimate of drug-likeness (QED) is 0.282. The number of esters is 2. The summed E-state index contributed by atoms with van der Waals surface area (Å²) in [6, 6.07) is 0. The van der Waals surface area contributed by atoms with E-state index in [0.29, 0.717) is 12.0 Å². The first kappa shape index (κ1) is 22.7. The van der Waals surface area contributed by atoms with E-state index in [2.05, 4.69) is 0 Å². The van der Waals surface area contributed by atoms with E-state index in [9.17, 15) is 30.0 Å². The van der Waals surface area contributed by atoms with Gasteiger partial charge >= 0.3 is 11.9 Å². The first-order valence-corrected chi connectivity index (χ1v) is 9.50. The molecule has 0 saturated carbocycles. The Morgan fingerprint density at radius 2 is 1.90 bits per heavy atom. The number of aliphatic hydroxyl groups is 4. The van der Waals surface area contributed by atoms with Crippen LogP contribution < -0.4 is 0 Å². The molecule has 2 heterocycles. The molecule has 3 rings (SSSR count). The molecule has 0 radical (unpaired) electrons. The van der Waals surface area contributed by atoms with Gasteiger partial charge in [-0.1, -0.05) is 6.08 Å². The lowest BCUT2D eigenvalue weighted by atomic mass is 9.83. The molecule has 1 saturated heterocycles. The van der Waals surface area contributed by atoms with Crippen molar-refractivity contribution in [3.05, 3.63) is 23.5 Å². The van der Waals surface area contributed by atoms with Gasteiger partial charge in [0.15, 0.2) is 6.29 Å². The van der Waals surface area contributed by atoms with Crippen molar-refractivity contribution in [3.8, 4) is 0 Å². The Morgan fingerprint density at radius 3 is 2.53 bits per heavy atom. The number of carbonyl (C=O) groups is 2. The van der Waals surface area contributed by atoms with E-state index in [1.807, 2.05) is 6.08 Å². The van der Waals surface area contributed by atoms with Crippen LogP contribution in [-0.2, 0) is 33.3 Å². The van der Waals surface area contributed by atoms with Crippen molar-refractivity contribution in [3.63, 3.8) is 0 Å². The van der Waals surface area contributed by atoms with Crippen molar-refractivity contribution >= 4 is 11.9 Å². The summed E-state index contributed by atoms with van der Waals surface area (Å²) in [5.74, 6) is -1.99. The van der Waals surface area contributed by atoms with Crippen molar-refractivity contribution in [1.29, 1.82) is 0 Å². The first-order chi connectivity index (χ1) is 14.3. The highest BCUT2D eigenvalue weighted by atomic mass is 16.8. The lowest BCUT2D eigenvalue weighted by Gasteiger charge is -2.42.